The molecule has 0 radical (unpaired) electrons. The van der Waals surface area contributed by atoms with E-state index < -0.39 is 5.82 Å². The molecule has 0 aliphatic carbocycles. The Morgan fingerprint density at radius 1 is 1.04 bits per heavy atom. The standard InChI is InChI=1S/C20H24FN3O/c21-16-8-9-18(19(22)15-16)20(25)7-4-10-23-11-13-24(14-12-23)17-5-2-1-3-6-17/h1-3,5-6,8-9,15H,4,7,10-14,22H2. The lowest BCUT2D eigenvalue weighted by Gasteiger charge is -2.36. The number of halogens is 1. The van der Waals surface area contributed by atoms with Gasteiger partial charge in [-0.3, -0.25) is 9.69 Å². The van der Waals surface area contributed by atoms with Crippen molar-refractivity contribution in [2.24, 2.45) is 0 Å². The largest absolute Gasteiger partial charge is 0.398 e. The third-order valence-electron chi connectivity index (χ3n) is 4.69. The first-order valence-electron chi connectivity index (χ1n) is 8.74. The zero-order valence-electron chi connectivity index (χ0n) is 14.3. The monoisotopic (exact) mass is 341 g/mol. The molecule has 1 aliphatic heterocycles. The van der Waals surface area contributed by atoms with E-state index in [9.17, 15) is 9.18 Å². The van der Waals surface area contributed by atoms with E-state index in [4.69, 9.17) is 5.73 Å². The van der Waals surface area contributed by atoms with E-state index in [0.29, 0.717) is 12.0 Å². The zero-order chi connectivity index (χ0) is 17.6. The summed E-state index contributed by atoms with van der Waals surface area (Å²) in [5.41, 5.74) is 7.65. The van der Waals surface area contributed by atoms with Crippen LogP contribution in [0.1, 0.15) is 23.2 Å². The lowest BCUT2D eigenvalue weighted by molar-refractivity contribution is 0.0975. The first-order chi connectivity index (χ1) is 12.1. The van der Waals surface area contributed by atoms with Crippen LogP contribution in [0.15, 0.2) is 48.5 Å². The highest BCUT2D eigenvalue weighted by Gasteiger charge is 2.17. The van der Waals surface area contributed by atoms with Crippen molar-refractivity contribution in [3.8, 4) is 0 Å². The molecule has 1 saturated heterocycles. The van der Waals surface area contributed by atoms with E-state index in [1.165, 1.54) is 23.9 Å². The highest BCUT2D eigenvalue weighted by Crippen LogP contribution is 2.18. The van der Waals surface area contributed by atoms with Gasteiger partial charge in [0, 0.05) is 49.5 Å². The quantitative estimate of drug-likeness (QED) is 0.647. The Kier molecular flexibility index (Phi) is 5.66. The fourth-order valence-electron chi connectivity index (χ4n) is 3.25. The van der Waals surface area contributed by atoms with E-state index >= 15 is 0 Å². The van der Waals surface area contributed by atoms with Crippen molar-refractivity contribution in [3.63, 3.8) is 0 Å². The van der Waals surface area contributed by atoms with Gasteiger partial charge in [0.05, 0.1) is 0 Å². The summed E-state index contributed by atoms with van der Waals surface area (Å²) in [5, 5.41) is 0. The Morgan fingerprint density at radius 2 is 1.76 bits per heavy atom. The molecule has 0 unspecified atom stereocenters. The smallest absolute Gasteiger partial charge is 0.164 e. The second kappa shape index (κ2) is 8.12. The van der Waals surface area contributed by atoms with Gasteiger partial charge in [-0.25, -0.2) is 4.39 Å². The minimum absolute atomic E-state index is 0.0135. The number of nitrogen functional groups attached to an aromatic ring is 1. The summed E-state index contributed by atoms with van der Waals surface area (Å²) in [6, 6.07) is 14.4. The number of piperazine rings is 1. The number of nitrogens with zero attached hydrogens (tertiary/aromatic N) is 2. The minimum Gasteiger partial charge on any atom is -0.398 e. The van der Waals surface area contributed by atoms with Gasteiger partial charge in [0.1, 0.15) is 5.82 Å². The number of Topliss-reactive ketones (excluding diaryl/α,β-unsaturated/α-hetero) is 1. The summed E-state index contributed by atoms with van der Waals surface area (Å²) in [5.74, 6) is -0.425. The molecule has 1 heterocycles. The summed E-state index contributed by atoms with van der Waals surface area (Å²) in [7, 11) is 0. The predicted molar refractivity (Wildman–Crippen MR) is 99.5 cm³/mol. The molecule has 0 bridgehead atoms. The highest BCUT2D eigenvalue weighted by atomic mass is 19.1. The average molecular weight is 341 g/mol. The summed E-state index contributed by atoms with van der Waals surface area (Å²) in [6.45, 7) is 4.91. The van der Waals surface area contributed by atoms with Crippen LogP contribution in [-0.2, 0) is 0 Å². The topological polar surface area (TPSA) is 49.6 Å². The number of hydrogen-bond acceptors (Lipinski definition) is 4. The normalized spacial score (nSPS) is 15.3. The van der Waals surface area contributed by atoms with Crippen LogP contribution in [-0.4, -0.2) is 43.4 Å². The number of para-hydroxylation sites is 1. The predicted octanol–water partition coefficient (Wildman–Crippen LogP) is 3.19. The maximum absolute atomic E-state index is 13.1. The van der Waals surface area contributed by atoms with Gasteiger partial charge in [0.2, 0.25) is 0 Å². The molecule has 0 amide bonds. The van der Waals surface area contributed by atoms with E-state index in [1.54, 1.807) is 0 Å². The number of carbonyl (C=O) groups excluding carboxylic acids is 1. The number of anilines is 2. The number of nitrogens with two attached hydrogens (primary N) is 1. The Balaban J connectivity index is 1.42. The first-order valence-corrected chi connectivity index (χ1v) is 8.74. The molecule has 2 aromatic rings. The molecule has 0 atom stereocenters. The maximum Gasteiger partial charge on any atom is 0.164 e. The van der Waals surface area contributed by atoms with Crippen LogP contribution in [0.5, 0.6) is 0 Å². The van der Waals surface area contributed by atoms with Crippen molar-refractivity contribution < 1.29 is 9.18 Å². The second-order valence-electron chi connectivity index (χ2n) is 6.42. The Labute approximate surface area is 148 Å². The van der Waals surface area contributed by atoms with Crippen molar-refractivity contribution in [2.75, 3.05) is 43.4 Å². The van der Waals surface area contributed by atoms with E-state index in [0.717, 1.165) is 39.1 Å². The van der Waals surface area contributed by atoms with Crippen LogP contribution in [0.2, 0.25) is 0 Å². The van der Waals surface area contributed by atoms with Gasteiger partial charge in [0.25, 0.3) is 0 Å². The van der Waals surface area contributed by atoms with Crippen LogP contribution < -0.4 is 10.6 Å². The van der Waals surface area contributed by atoms with Gasteiger partial charge < -0.3 is 10.6 Å². The van der Waals surface area contributed by atoms with Crippen molar-refractivity contribution >= 4 is 17.2 Å². The van der Waals surface area contributed by atoms with Crippen molar-refractivity contribution in [2.45, 2.75) is 12.8 Å². The van der Waals surface area contributed by atoms with Gasteiger partial charge in [-0.2, -0.15) is 0 Å². The number of carbonyl (C=O) groups is 1. The average Bonchev–Trinajstić information content (AvgIpc) is 2.63. The van der Waals surface area contributed by atoms with Crippen LogP contribution >= 0.6 is 0 Å². The Bertz CT molecular complexity index is 712. The molecule has 132 valence electrons. The molecule has 3 rings (SSSR count). The third-order valence-corrected chi connectivity index (χ3v) is 4.69. The number of rotatable bonds is 6. The molecule has 2 aromatic carbocycles. The van der Waals surface area contributed by atoms with Crippen molar-refractivity contribution in [3.05, 3.63) is 59.9 Å². The van der Waals surface area contributed by atoms with Gasteiger partial charge in [-0.1, -0.05) is 18.2 Å². The number of hydrogen-bond donors (Lipinski definition) is 1. The molecule has 0 aromatic heterocycles. The fraction of sp³-hybridized carbons (Fsp3) is 0.350. The molecule has 0 saturated carbocycles. The Hall–Kier alpha value is -2.40. The van der Waals surface area contributed by atoms with Crippen molar-refractivity contribution in [1.82, 2.24) is 4.90 Å². The van der Waals surface area contributed by atoms with Gasteiger partial charge in [0.15, 0.2) is 5.78 Å². The molecule has 4 nitrogen and oxygen atoms in total. The molecule has 25 heavy (non-hydrogen) atoms. The zero-order valence-corrected chi connectivity index (χ0v) is 14.3. The van der Waals surface area contributed by atoms with Gasteiger partial charge in [-0.05, 0) is 43.3 Å². The fourth-order valence-corrected chi connectivity index (χ4v) is 3.25. The first kappa shape index (κ1) is 17.4. The molecular formula is C20H24FN3O. The lowest BCUT2D eigenvalue weighted by atomic mass is 10.0. The number of ketones is 1. The summed E-state index contributed by atoms with van der Waals surface area (Å²) >= 11 is 0. The molecule has 1 aliphatic rings. The SMILES string of the molecule is Nc1cc(F)ccc1C(=O)CCCN1CCN(c2ccccc2)CC1. The van der Waals surface area contributed by atoms with Gasteiger partial charge in [-0.15, -0.1) is 0 Å². The van der Waals surface area contributed by atoms with E-state index in [-0.39, 0.29) is 11.5 Å². The van der Waals surface area contributed by atoms with E-state index in [2.05, 4.69) is 34.1 Å². The van der Waals surface area contributed by atoms with Crippen LogP contribution in [0.25, 0.3) is 0 Å². The summed E-state index contributed by atoms with van der Waals surface area (Å²) < 4.78 is 13.1. The molecule has 5 heteroatoms. The summed E-state index contributed by atoms with van der Waals surface area (Å²) in [6.07, 6.45) is 1.23. The van der Waals surface area contributed by atoms with Gasteiger partial charge >= 0.3 is 0 Å². The maximum atomic E-state index is 13.1. The summed E-state index contributed by atoms with van der Waals surface area (Å²) in [4.78, 5) is 17.0. The molecule has 1 fully saturated rings. The molecule has 0 spiro atoms. The van der Waals surface area contributed by atoms with Crippen LogP contribution in [0.4, 0.5) is 15.8 Å². The minimum atomic E-state index is -0.412. The molecule has 2 N–H and O–H groups in total. The third kappa shape index (κ3) is 4.57. The van der Waals surface area contributed by atoms with Crippen LogP contribution in [0, 0.1) is 5.82 Å². The number of benzene rings is 2. The Morgan fingerprint density at radius 3 is 2.44 bits per heavy atom. The van der Waals surface area contributed by atoms with Crippen LogP contribution in [0.3, 0.4) is 0 Å². The second-order valence-corrected chi connectivity index (χ2v) is 6.42. The lowest BCUT2D eigenvalue weighted by Crippen LogP contribution is -2.46. The van der Waals surface area contributed by atoms with E-state index in [1.807, 2.05) is 6.07 Å². The molecular weight excluding hydrogens is 317 g/mol. The highest BCUT2D eigenvalue weighted by molar-refractivity contribution is 6.00. The van der Waals surface area contributed by atoms with Crippen molar-refractivity contribution in [1.29, 1.82) is 0 Å².